The van der Waals surface area contributed by atoms with Crippen molar-refractivity contribution in [1.82, 2.24) is 0 Å². The summed E-state index contributed by atoms with van der Waals surface area (Å²) in [6.45, 7) is 0. The molecule has 0 aliphatic heterocycles. The Labute approximate surface area is 91.5 Å². The van der Waals surface area contributed by atoms with E-state index in [1.807, 2.05) is 12.1 Å². The summed E-state index contributed by atoms with van der Waals surface area (Å²) in [7, 11) is 0. The number of benzene rings is 1. The van der Waals surface area contributed by atoms with Crippen LogP contribution in [0, 0.1) is 11.7 Å². The third kappa shape index (κ3) is 3.33. The van der Waals surface area contributed by atoms with Crippen LogP contribution in [0.15, 0.2) is 24.3 Å². The van der Waals surface area contributed by atoms with E-state index in [1.54, 1.807) is 12.1 Å². The zero-order chi connectivity index (χ0) is 10.5. The molecule has 2 rings (SSSR count). The Morgan fingerprint density at radius 2 is 1.67 bits per heavy atom. The number of aryl methyl sites for hydroxylation is 1. The summed E-state index contributed by atoms with van der Waals surface area (Å²) in [4.78, 5) is 0. The van der Waals surface area contributed by atoms with Crippen LogP contribution in [0.4, 0.5) is 4.39 Å². The first-order chi connectivity index (χ1) is 7.34. The highest BCUT2D eigenvalue weighted by Crippen LogP contribution is 2.27. The quantitative estimate of drug-likeness (QED) is 0.690. The van der Waals surface area contributed by atoms with Gasteiger partial charge in [-0.15, -0.1) is 0 Å². The molecule has 1 aliphatic rings. The van der Waals surface area contributed by atoms with Crippen LogP contribution in [0.1, 0.15) is 44.1 Å². The Morgan fingerprint density at radius 3 is 2.33 bits per heavy atom. The van der Waals surface area contributed by atoms with Gasteiger partial charge in [-0.25, -0.2) is 4.39 Å². The van der Waals surface area contributed by atoms with Gasteiger partial charge < -0.3 is 0 Å². The second kappa shape index (κ2) is 5.29. The predicted octanol–water partition coefficient (Wildman–Crippen LogP) is 4.34. The van der Waals surface area contributed by atoms with Gasteiger partial charge in [0.05, 0.1) is 0 Å². The van der Waals surface area contributed by atoms with Gasteiger partial charge in [-0.1, -0.05) is 44.2 Å². The summed E-state index contributed by atoms with van der Waals surface area (Å²) in [6, 6.07) is 6.96. The van der Waals surface area contributed by atoms with E-state index in [0.29, 0.717) is 0 Å². The molecule has 0 radical (unpaired) electrons. The van der Waals surface area contributed by atoms with Crippen molar-refractivity contribution < 1.29 is 4.39 Å². The zero-order valence-corrected chi connectivity index (χ0v) is 9.21. The van der Waals surface area contributed by atoms with Gasteiger partial charge in [0.1, 0.15) is 5.82 Å². The summed E-state index contributed by atoms with van der Waals surface area (Å²) in [6.07, 6.45) is 9.45. The molecule has 1 fully saturated rings. The highest BCUT2D eigenvalue weighted by atomic mass is 19.1. The third-order valence-corrected chi connectivity index (χ3v) is 3.48. The first-order valence-electron chi connectivity index (χ1n) is 6.09. The second-order valence-corrected chi connectivity index (χ2v) is 4.67. The lowest BCUT2D eigenvalue weighted by Gasteiger charge is -2.21. The fraction of sp³-hybridized carbons (Fsp3) is 0.571. The van der Waals surface area contributed by atoms with Crippen LogP contribution in [0.25, 0.3) is 0 Å². The van der Waals surface area contributed by atoms with Gasteiger partial charge in [-0.3, -0.25) is 0 Å². The topological polar surface area (TPSA) is 0 Å². The van der Waals surface area contributed by atoms with E-state index in [4.69, 9.17) is 0 Å². The van der Waals surface area contributed by atoms with Crippen molar-refractivity contribution in [3.05, 3.63) is 35.6 Å². The molecule has 82 valence electrons. The highest BCUT2D eigenvalue weighted by molar-refractivity contribution is 5.16. The van der Waals surface area contributed by atoms with Crippen molar-refractivity contribution in [3.63, 3.8) is 0 Å². The van der Waals surface area contributed by atoms with Crippen LogP contribution in [0.3, 0.4) is 0 Å². The van der Waals surface area contributed by atoms with Gasteiger partial charge >= 0.3 is 0 Å². The van der Waals surface area contributed by atoms with E-state index in [2.05, 4.69) is 0 Å². The lowest BCUT2D eigenvalue weighted by Crippen LogP contribution is -2.07. The van der Waals surface area contributed by atoms with Crippen molar-refractivity contribution in [3.8, 4) is 0 Å². The van der Waals surface area contributed by atoms with E-state index in [1.165, 1.54) is 44.1 Å². The smallest absolute Gasteiger partial charge is 0.123 e. The summed E-state index contributed by atoms with van der Waals surface area (Å²) in [5.41, 5.74) is 1.28. The average molecular weight is 206 g/mol. The molecule has 0 aromatic heterocycles. The van der Waals surface area contributed by atoms with E-state index >= 15 is 0 Å². The molecule has 1 heteroatoms. The van der Waals surface area contributed by atoms with Gasteiger partial charge in [-0.2, -0.15) is 0 Å². The third-order valence-electron chi connectivity index (χ3n) is 3.48. The molecule has 0 N–H and O–H groups in total. The maximum atomic E-state index is 12.7. The molecule has 0 saturated heterocycles. The van der Waals surface area contributed by atoms with Gasteiger partial charge in [0.2, 0.25) is 0 Å². The fourth-order valence-corrected chi connectivity index (χ4v) is 2.50. The highest BCUT2D eigenvalue weighted by Gasteiger charge is 2.12. The van der Waals surface area contributed by atoms with Crippen molar-refractivity contribution in [2.24, 2.45) is 5.92 Å². The van der Waals surface area contributed by atoms with Gasteiger partial charge in [-0.05, 0) is 36.5 Å². The lowest BCUT2D eigenvalue weighted by molar-refractivity contribution is 0.339. The van der Waals surface area contributed by atoms with Crippen LogP contribution in [0.2, 0.25) is 0 Å². The van der Waals surface area contributed by atoms with Gasteiger partial charge in [0.15, 0.2) is 0 Å². The van der Waals surface area contributed by atoms with Crippen molar-refractivity contribution in [2.45, 2.75) is 44.9 Å². The minimum atomic E-state index is -0.128. The van der Waals surface area contributed by atoms with Crippen LogP contribution < -0.4 is 0 Å². The Kier molecular flexibility index (Phi) is 3.76. The van der Waals surface area contributed by atoms with Crippen LogP contribution in [-0.2, 0) is 6.42 Å². The number of hydrogen-bond acceptors (Lipinski definition) is 0. The molecule has 0 bridgehead atoms. The van der Waals surface area contributed by atoms with Crippen LogP contribution in [-0.4, -0.2) is 0 Å². The Bertz CT molecular complexity index is 283. The Morgan fingerprint density at radius 1 is 1.00 bits per heavy atom. The van der Waals surface area contributed by atoms with E-state index in [9.17, 15) is 4.39 Å². The molecule has 0 atom stereocenters. The van der Waals surface area contributed by atoms with E-state index in [0.717, 1.165) is 12.3 Å². The SMILES string of the molecule is Fc1ccc(CCC2CCCCC2)cc1. The maximum absolute atomic E-state index is 12.7. The molecule has 1 aromatic rings. The first kappa shape index (κ1) is 10.7. The van der Waals surface area contributed by atoms with Gasteiger partial charge in [0.25, 0.3) is 0 Å². The molecule has 0 heterocycles. The molecule has 15 heavy (non-hydrogen) atoms. The summed E-state index contributed by atoms with van der Waals surface area (Å²) >= 11 is 0. The molecule has 0 spiro atoms. The summed E-state index contributed by atoms with van der Waals surface area (Å²) < 4.78 is 12.7. The molecule has 1 saturated carbocycles. The molecule has 0 unspecified atom stereocenters. The normalized spacial score (nSPS) is 17.9. The standard InChI is InChI=1S/C14H19F/c15-14-10-8-13(9-11-14)7-6-12-4-2-1-3-5-12/h8-12H,1-7H2. The van der Waals surface area contributed by atoms with Crippen molar-refractivity contribution in [2.75, 3.05) is 0 Å². The molecular weight excluding hydrogens is 187 g/mol. The molecule has 0 amide bonds. The predicted molar refractivity (Wildman–Crippen MR) is 61.3 cm³/mol. The van der Waals surface area contributed by atoms with Crippen LogP contribution in [0.5, 0.6) is 0 Å². The molecule has 1 aromatic carbocycles. The number of hydrogen-bond donors (Lipinski definition) is 0. The zero-order valence-electron chi connectivity index (χ0n) is 9.21. The largest absolute Gasteiger partial charge is 0.207 e. The summed E-state index contributed by atoms with van der Waals surface area (Å²) in [5, 5.41) is 0. The fourth-order valence-electron chi connectivity index (χ4n) is 2.50. The molecule has 0 nitrogen and oxygen atoms in total. The summed E-state index contributed by atoms with van der Waals surface area (Å²) in [5.74, 6) is 0.792. The lowest BCUT2D eigenvalue weighted by atomic mass is 9.85. The van der Waals surface area contributed by atoms with Crippen molar-refractivity contribution in [1.29, 1.82) is 0 Å². The Balaban J connectivity index is 1.79. The minimum absolute atomic E-state index is 0.128. The maximum Gasteiger partial charge on any atom is 0.123 e. The van der Waals surface area contributed by atoms with Gasteiger partial charge in [0, 0.05) is 0 Å². The Hall–Kier alpha value is -0.850. The molecular formula is C14H19F. The second-order valence-electron chi connectivity index (χ2n) is 4.67. The minimum Gasteiger partial charge on any atom is -0.207 e. The van der Waals surface area contributed by atoms with Crippen molar-refractivity contribution >= 4 is 0 Å². The average Bonchev–Trinajstić information content (AvgIpc) is 2.30. The van der Waals surface area contributed by atoms with E-state index in [-0.39, 0.29) is 5.82 Å². The monoisotopic (exact) mass is 206 g/mol. The van der Waals surface area contributed by atoms with E-state index < -0.39 is 0 Å². The first-order valence-corrected chi connectivity index (χ1v) is 6.09. The van der Waals surface area contributed by atoms with Crippen LogP contribution >= 0.6 is 0 Å². The molecule has 1 aliphatic carbocycles. The number of halogens is 1. The number of rotatable bonds is 3.